The molecular weight excluding hydrogens is 240 g/mol. The average molecular weight is 266 g/mol. The third-order valence-electron chi connectivity index (χ3n) is 4.20. The topological polar surface area (TPSA) is 54.2 Å². The Morgan fingerprint density at radius 2 is 1.95 bits per heavy atom. The fourth-order valence-electron chi connectivity index (χ4n) is 2.95. The van der Waals surface area contributed by atoms with Crippen LogP contribution in [0, 0.1) is 5.92 Å². The SMILES string of the molecule is CCc1nnc(CN(C)CC2CCCCC2O)n1C. The van der Waals surface area contributed by atoms with Crippen LogP contribution >= 0.6 is 0 Å². The number of nitrogens with zero attached hydrogens (tertiary/aromatic N) is 4. The van der Waals surface area contributed by atoms with Crippen LogP contribution in [0.5, 0.6) is 0 Å². The molecule has 2 rings (SSSR count). The Morgan fingerprint density at radius 1 is 1.26 bits per heavy atom. The zero-order valence-electron chi connectivity index (χ0n) is 12.3. The van der Waals surface area contributed by atoms with Crippen LogP contribution in [0.15, 0.2) is 0 Å². The molecule has 1 aromatic rings. The van der Waals surface area contributed by atoms with Gasteiger partial charge < -0.3 is 9.67 Å². The van der Waals surface area contributed by atoms with Gasteiger partial charge in [-0.3, -0.25) is 4.90 Å². The van der Waals surface area contributed by atoms with Crippen LogP contribution in [0.25, 0.3) is 0 Å². The van der Waals surface area contributed by atoms with Gasteiger partial charge in [0.1, 0.15) is 11.6 Å². The molecule has 0 aliphatic heterocycles. The van der Waals surface area contributed by atoms with Gasteiger partial charge in [0, 0.05) is 20.0 Å². The van der Waals surface area contributed by atoms with Crippen molar-refractivity contribution in [2.45, 2.75) is 51.7 Å². The first kappa shape index (κ1) is 14.5. The van der Waals surface area contributed by atoms with E-state index in [0.717, 1.165) is 44.0 Å². The van der Waals surface area contributed by atoms with Gasteiger partial charge in [-0.25, -0.2) is 0 Å². The van der Waals surface area contributed by atoms with Crippen molar-refractivity contribution in [3.8, 4) is 0 Å². The molecule has 1 saturated carbocycles. The highest BCUT2D eigenvalue weighted by Gasteiger charge is 2.24. The molecule has 2 atom stereocenters. The van der Waals surface area contributed by atoms with E-state index in [1.807, 2.05) is 7.05 Å². The van der Waals surface area contributed by atoms with Crippen LogP contribution in [0.3, 0.4) is 0 Å². The van der Waals surface area contributed by atoms with Crippen molar-refractivity contribution in [3.05, 3.63) is 11.6 Å². The van der Waals surface area contributed by atoms with Gasteiger partial charge in [0.25, 0.3) is 0 Å². The molecule has 108 valence electrons. The predicted molar refractivity (Wildman–Crippen MR) is 74.7 cm³/mol. The summed E-state index contributed by atoms with van der Waals surface area (Å²) in [6.07, 6.45) is 5.31. The van der Waals surface area contributed by atoms with Crippen molar-refractivity contribution < 1.29 is 5.11 Å². The minimum absolute atomic E-state index is 0.123. The third kappa shape index (κ3) is 3.54. The predicted octanol–water partition coefficient (Wildman–Crippen LogP) is 1.36. The highest BCUT2D eigenvalue weighted by atomic mass is 16.3. The van der Waals surface area contributed by atoms with E-state index in [2.05, 4.69) is 33.6 Å². The molecule has 1 aliphatic rings. The molecule has 19 heavy (non-hydrogen) atoms. The van der Waals surface area contributed by atoms with Crippen LogP contribution in [0.1, 0.15) is 44.3 Å². The summed E-state index contributed by atoms with van der Waals surface area (Å²) in [5, 5.41) is 18.5. The molecule has 1 fully saturated rings. The number of aromatic nitrogens is 3. The van der Waals surface area contributed by atoms with E-state index >= 15 is 0 Å². The summed E-state index contributed by atoms with van der Waals surface area (Å²) in [5.74, 6) is 2.45. The molecule has 0 amide bonds. The lowest BCUT2D eigenvalue weighted by molar-refractivity contribution is 0.0496. The molecule has 1 aromatic heterocycles. The van der Waals surface area contributed by atoms with E-state index in [0.29, 0.717) is 5.92 Å². The molecular formula is C14H26N4O. The Balaban J connectivity index is 1.89. The van der Waals surface area contributed by atoms with E-state index in [1.54, 1.807) is 0 Å². The quantitative estimate of drug-likeness (QED) is 0.874. The van der Waals surface area contributed by atoms with Crippen molar-refractivity contribution in [3.63, 3.8) is 0 Å². The lowest BCUT2D eigenvalue weighted by Crippen LogP contribution is -2.35. The van der Waals surface area contributed by atoms with Crippen LogP contribution in [0.2, 0.25) is 0 Å². The lowest BCUT2D eigenvalue weighted by atomic mass is 9.86. The van der Waals surface area contributed by atoms with Crippen molar-refractivity contribution in [2.24, 2.45) is 13.0 Å². The fraction of sp³-hybridized carbons (Fsp3) is 0.857. The number of aryl methyl sites for hydroxylation is 1. The second-order valence-corrected chi connectivity index (χ2v) is 5.75. The van der Waals surface area contributed by atoms with Crippen LogP contribution in [-0.2, 0) is 20.0 Å². The molecule has 0 saturated heterocycles. The molecule has 5 nitrogen and oxygen atoms in total. The second-order valence-electron chi connectivity index (χ2n) is 5.75. The first-order valence-electron chi connectivity index (χ1n) is 7.35. The van der Waals surface area contributed by atoms with Gasteiger partial charge in [-0.15, -0.1) is 10.2 Å². The maximum atomic E-state index is 10.0. The molecule has 1 aliphatic carbocycles. The monoisotopic (exact) mass is 266 g/mol. The highest BCUT2D eigenvalue weighted by molar-refractivity contribution is 4.94. The Labute approximate surface area is 115 Å². The summed E-state index contributed by atoms with van der Waals surface area (Å²) in [5.41, 5.74) is 0. The molecule has 2 unspecified atom stereocenters. The maximum Gasteiger partial charge on any atom is 0.146 e. The maximum absolute atomic E-state index is 10.0. The van der Waals surface area contributed by atoms with Gasteiger partial charge in [0.2, 0.25) is 0 Å². The molecule has 5 heteroatoms. The fourth-order valence-corrected chi connectivity index (χ4v) is 2.95. The smallest absolute Gasteiger partial charge is 0.146 e. The van der Waals surface area contributed by atoms with Gasteiger partial charge in [-0.1, -0.05) is 19.8 Å². The third-order valence-corrected chi connectivity index (χ3v) is 4.20. The Hall–Kier alpha value is -0.940. The Kier molecular flexibility index (Phi) is 4.93. The summed E-state index contributed by atoms with van der Waals surface area (Å²) in [6.45, 7) is 3.83. The minimum Gasteiger partial charge on any atom is -0.393 e. The first-order chi connectivity index (χ1) is 9.11. The van der Waals surface area contributed by atoms with E-state index < -0.39 is 0 Å². The molecule has 0 bridgehead atoms. The summed E-state index contributed by atoms with van der Waals surface area (Å²) in [7, 11) is 4.12. The zero-order valence-corrected chi connectivity index (χ0v) is 12.3. The zero-order chi connectivity index (χ0) is 13.8. The standard InChI is InChI=1S/C14H26N4O/c1-4-13-15-16-14(18(13)3)10-17(2)9-11-7-5-6-8-12(11)19/h11-12,19H,4-10H2,1-3H3. The number of hydrogen-bond acceptors (Lipinski definition) is 4. The van der Waals surface area contributed by atoms with Gasteiger partial charge >= 0.3 is 0 Å². The molecule has 1 heterocycles. The van der Waals surface area contributed by atoms with E-state index in [1.165, 1.54) is 12.8 Å². The molecule has 0 aromatic carbocycles. The van der Waals surface area contributed by atoms with Crippen molar-refractivity contribution >= 4 is 0 Å². The van der Waals surface area contributed by atoms with Gasteiger partial charge in [-0.05, 0) is 25.8 Å². The van der Waals surface area contributed by atoms with Gasteiger partial charge in [0.05, 0.1) is 12.6 Å². The minimum atomic E-state index is -0.123. The highest BCUT2D eigenvalue weighted by Crippen LogP contribution is 2.25. The Morgan fingerprint density at radius 3 is 2.58 bits per heavy atom. The lowest BCUT2D eigenvalue weighted by Gasteiger charge is -2.31. The summed E-state index contributed by atoms with van der Waals surface area (Å²) in [4.78, 5) is 2.25. The van der Waals surface area contributed by atoms with Gasteiger partial charge in [-0.2, -0.15) is 0 Å². The summed E-state index contributed by atoms with van der Waals surface area (Å²) < 4.78 is 2.08. The number of aliphatic hydroxyl groups excluding tert-OH is 1. The molecule has 0 radical (unpaired) electrons. The Bertz CT molecular complexity index is 404. The number of rotatable bonds is 5. The summed E-state index contributed by atoms with van der Waals surface area (Å²) in [6, 6.07) is 0. The van der Waals surface area contributed by atoms with Crippen molar-refractivity contribution in [1.82, 2.24) is 19.7 Å². The molecule has 1 N–H and O–H groups in total. The van der Waals surface area contributed by atoms with Crippen LogP contribution < -0.4 is 0 Å². The molecule has 0 spiro atoms. The second kappa shape index (κ2) is 6.48. The van der Waals surface area contributed by atoms with E-state index in [9.17, 15) is 5.11 Å². The van der Waals surface area contributed by atoms with Crippen LogP contribution in [0.4, 0.5) is 0 Å². The van der Waals surface area contributed by atoms with Crippen molar-refractivity contribution in [1.29, 1.82) is 0 Å². The van der Waals surface area contributed by atoms with Crippen molar-refractivity contribution in [2.75, 3.05) is 13.6 Å². The average Bonchev–Trinajstić information content (AvgIpc) is 2.73. The van der Waals surface area contributed by atoms with E-state index in [-0.39, 0.29) is 6.10 Å². The summed E-state index contributed by atoms with van der Waals surface area (Å²) >= 11 is 0. The first-order valence-corrected chi connectivity index (χ1v) is 7.35. The largest absolute Gasteiger partial charge is 0.393 e. The number of aliphatic hydroxyl groups is 1. The number of hydrogen-bond donors (Lipinski definition) is 1. The van der Waals surface area contributed by atoms with E-state index in [4.69, 9.17) is 0 Å². The van der Waals surface area contributed by atoms with Gasteiger partial charge in [0.15, 0.2) is 0 Å². The normalized spacial score (nSPS) is 24.1. The van der Waals surface area contributed by atoms with Crippen LogP contribution in [-0.4, -0.2) is 44.5 Å².